The van der Waals surface area contributed by atoms with Crippen molar-refractivity contribution in [1.82, 2.24) is 19.5 Å². The van der Waals surface area contributed by atoms with E-state index < -0.39 is 33.6 Å². The largest absolute Gasteiger partial charge is 0.416 e. The Hall–Kier alpha value is -2.86. The van der Waals surface area contributed by atoms with Crippen LogP contribution in [0.1, 0.15) is 40.3 Å². The number of halogens is 3. The zero-order valence-electron chi connectivity index (χ0n) is 17.9. The average molecular weight is 475 g/mol. The van der Waals surface area contributed by atoms with Crippen molar-refractivity contribution in [3.8, 4) is 0 Å². The van der Waals surface area contributed by atoms with E-state index in [0.29, 0.717) is 13.1 Å². The number of sulfonamides is 1. The smallest absolute Gasteiger partial charge is 0.350 e. The van der Waals surface area contributed by atoms with Crippen LogP contribution in [-0.2, 0) is 23.2 Å². The normalized spacial score (nSPS) is 12.1. The van der Waals surface area contributed by atoms with Gasteiger partial charge in [-0.15, -0.1) is 0 Å². The molecule has 2 aromatic rings. The fraction of sp³-hybridized carbons (Fsp3) is 0.400. The molecule has 0 spiro atoms. The lowest BCUT2D eigenvalue weighted by molar-refractivity contribution is -0.137. The summed E-state index contributed by atoms with van der Waals surface area (Å²) in [7, 11) is -2.17. The van der Waals surface area contributed by atoms with E-state index in [0.717, 1.165) is 24.3 Å². The van der Waals surface area contributed by atoms with Crippen molar-refractivity contribution in [3.63, 3.8) is 0 Å². The molecule has 0 unspecified atom stereocenters. The van der Waals surface area contributed by atoms with Crippen LogP contribution in [0.2, 0.25) is 0 Å². The van der Waals surface area contributed by atoms with Crippen LogP contribution in [-0.4, -0.2) is 55.3 Å². The predicted octanol–water partition coefficient (Wildman–Crippen LogP) is 2.23. The number of hydrogen-bond acceptors (Lipinski definition) is 4. The SMILES string of the molecule is CCN(CC)S(=O)(=O)c1cc(C(=O)NCCNC(=O)c2ccc(C(F)(F)F)cc2)n(C)c1. The van der Waals surface area contributed by atoms with Crippen molar-refractivity contribution in [2.45, 2.75) is 24.9 Å². The number of aromatic nitrogens is 1. The fourth-order valence-electron chi connectivity index (χ4n) is 2.97. The van der Waals surface area contributed by atoms with Crippen molar-refractivity contribution in [2.75, 3.05) is 26.2 Å². The van der Waals surface area contributed by atoms with Gasteiger partial charge in [-0.05, 0) is 30.3 Å². The van der Waals surface area contributed by atoms with Crippen molar-refractivity contribution in [1.29, 1.82) is 0 Å². The van der Waals surface area contributed by atoms with Crippen molar-refractivity contribution < 1.29 is 31.2 Å². The summed E-state index contributed by atoms with van der Waals surface area (Å²) >= 11 is 0. The summed E-state index contributed by atoms with van der Waals surface area (Å²) in [6, 6.07) is 5.05. The van der Waals surface area contributed by atoms with Crippen LogP contribution in [0.4, 0.5) is 13.2 Å². The Morgan fingerprint density at radius 1 is 1.00 bits per heavy atom. The Balaban J connectivity index is 1.92. The third-order valence-electron chi connectivity index (χ3n) is 4.73. The second-order valence-electron chi connectivity index (χ2n) is 6.85. The molecule has 1 aromatic heterocycles. The first-order chi connectivity index (χ1) is 14.9. The van der Waals surface area contributed by atoms with Gasteiger partial charge in [-0.2, -0.15) is 17.5 Å². The minimum atomic E-state index is -4.49. The maximum absolute atomic E-state index is 12.6. The average Bonchev–Trinajstić information content (AvgIpc) is 3.13. The monoisotopic (exact) mass is 474 g/mol. The van der Waals surface area contributed by atoms with Gasteiger partial charge in [0, 0.05) is 45.0 Å². The highest BCUT2D eigenvalue weighted by molar-refractivity contribution is 7.89. The predicted molar refractivity (Wildman–Crippen MR) is 112 cm³/mol. The third kappa shape index (κ3) is 5.88. The summed E-state index contributed by atoms with van der Waals surface area (Å²) in [5.41, 5.74) is -0.672. The van der Waals surface area contributed by atoms with Gasteiger partial charge in [-0.3, -0.25) is 9.59 Å². The molecule has 0 saturated carbocycles. The summed E-state index contributed by atoms with van der Waals surface area (Å²) < 4.78 is 65.6. The Morgan fingerprint density at radius 2 is 1.53 bits per heavy atom. The number of carbonyl (C=O) groups excluding carboxylic acids is 2. The van der Waals surface area contributed by atoms with E-state index in [-0.39, 0.29) is 29.2 Å². The van der Waals surface area contributed by atoms with Crippen LogP contribution in [0.5, 0.6) is 0 Å². The Bertz CT molecular complexity index is 1060. The lowest BCUT2D eigenvalue weighted by Crippen LogP contribution is -2.35. The molecule has 8 nitrogen and oxygen atoms in total. The van der Waals surface area contributed by atoms with E-state index in [4.69, 9.17) is 0 Å². The van der Waals surface area contributed by atoms with E-state index in [9.17, 15) is 31.2 Å². The molecule has 0 atom stereocenters. The molecule has 12 heteroatoms. The van der Waals surface area contributed by atoms with Gasteiger partial charge >= 0.3 is 6.18 Å². The molecule has 0 radical (unpaired) electrons. The molecule has 0 aliphatic heterocycles. The van der Waals surface area contributed by atoms with Gasteiger partial charge in [0.05, 0.1) is 5.56 Å². The second-order valence-corrected chi connectivity index (χ2v) is 8.79. The molecule has 1 aromatic carbocycles. The van der Waals surface area contributed by atoms with Gasteiger partial charge in [0.25, 0.3) is 11.8 Å². The lowest BCUT2D eigenvalue weighted by atomic mass is 10.1. The van der Waals surface area contributed by atoms with Crippen LogP contribution < -0.4 is 10.6 Å². The van der Waals surface area contributed by atoms with E-state index in [1.807, 2.05) is 0 Å². The van der Waals surface area contributed by atoms with Gasteiger partial charge in [0.1, 0.15) is 10.6 Å². The molecule has 0 aliphatic carbocycles. The van der Waals surface area contributed by atoms with Crippen LogP contribution in [0, 0.1) is 0 Å². The van der Waals surface area contributed by atoms with E-state index in [1.54, 1.807) is 20.9 Å². The third-order valence-corrected chi connectivity index (χ3v) is 6.74. The van der Waals surface area contributed by atoms with E-state index in [2.05, 4.69) is 10.6 Å². The standard InChI is InChI=1S/C20H25F3N4O4S/c1-4-27(5-2)32(30,31)16-12-17(26(3)13-16)19(29)25-11-10-24-18(28)14-6-8-15(9-7-14)20(21,22)23/h6-9,12-13H,4-5,10-11H2,1-3H3,(H,24,28)(H,25,29). The number of nitrogens with zero attached hydrogens (tertiary/aromatic N) is 2. The second kappa shape index (κ2) is 10.2. The topological polar surface area (TPSA) is 101 Å². The highest BCUT2D eigenvalue weighted by atomic mass is 32.2. The summed E-state index contributed by atoms with van der Waals surface area (Å²) in [5, 5.41) is 5.06. The molecular weight excluding hydrogens is 449 g/mol. The fourth-order valence-corrected chi connectivity index (χ4v) is 4.50. The van der Waals surface area contributed by atoms with Gasteiger partial charge in [0.15, 0.2) is 0 Å². The molecule has 2 rings (SSSR count). The van der Waals surface area contributed by atoms with E-state index >= 15 is 0 Å². The molecule has 0 saturated heterocycles. The lowest BCUT2D eigenvalue weighted by Gasteiger charge is -2.17. The van der Waals surface area contributed by atoms with Gasteiger partial charge in [-0.25, -0.2) is 8.42 Å². The highest BCUT2D eigenvalue weighted by Gasteiger charge is 2.30. The molecule has 2 amide bonds. The van der Waals surface area contributed by atoms with Gasteiger partial charge in [0.2, 0.25) is 10.0 Å². The first-order valence-electron chi connectivity index (χ1n) is 9.82. The molecule has 176 valence electrons. The molecule has 0 fully saturated rings. The molecule has 2 N–H and O–H groups in total. The maximum Gasteiger partial charge on any atom is 0.416 e. The number of rotatable bonds is 9. The molecule has 0 bridgehead atoms. The van der Waals surface area contributed by atoms with Crippen molar-refractivity contribution >= 4 is 21.8 Å². The number of hydrogen-bond donors (Lipinski definition) is 2. The molecular formula is C20H25F3N4O4S. The quantitative estimate of drug-likeness (QED) is 0.545. The minimum absolute atomic E-state index is 0.00413. The zero-order valence-corrected chi connectivity index (χ0v) is 18.7. The summed E-state index contributed by atoms with van der Waals surface area (Å²) in [5.74, 6) is -1.11. The Morgan fingerprint density at radius 3 is 2.03 bits per heavy atom. The number of alkyl halides is 3. The number of aryl methyl sites for hydroxylation is 1. The first-order valence-corrected chi connectivity index (χ1v) is 11.3. The van der Waals surface area contributed by atoms with Gasteiger partial charge < -0.3 is 15.2 Å². The van der Waals surface area contributed by atoms with Crippen LogP contribution >= 0.6 is 0 Å². The van der Waals surface area contributed by atoms with Crippen LogP contribution in [0.3, 0.4) is 0 Å². The number of carbonyl (C=O) groups is 2. The number of benzene rings is 1. The molecule has 32 heavy (non-hydrogen) atoms. The van der Waals surface area contributed by atoms with E-state index in [1.165, 1.54) is 21.1 Å². The first kappa shape index (κ1) is 25.4. The van der Waals surface area contributed by atoms with Crippen LogP contribution in [0.15, 0.2) is 41.4 Å². The molecule has 0 aliphatic rings. The summed E-state index contributed by atoms with van der Waals surface area (Å²) in [6.07, 6.45) is -3.13. The minimum Gasteiger partial charge on any atom is -0.350 e. The van der Waals surface area contributed by atoms with Crippen molar-refractivity contribution in [2.24, 2.45) is 7.05 Å². The Kier molecular flexibility index (Phi) is 8.07. The van der Waals surface area contributed by atoms with Crippen molar-refractivity contribution in [3.05, 3.63) is 53.3 Å². The summed E-state index contributed by atoms with van der Waals surface area (Å²) in [4.78, 5) is 24.4. The van der Waals surface area contributed by atoms with Crippen LogP contribution in [0.25, 0.3) is 0 Å². The maximum atomic E-state index is 12.6. The van der Waals surface area contributed by atoms with Gasteiger partial charge in [-0.1, -0.05) is 13.8 Å². The number of nitrogens with one attached hydrogen (secondary N) is 2. The Labute approximate surface area is 184 Å². The zero-order chi connectivity index (χ0) is 24.1. The number of amides is 2. The highest BCUT2D eigenvalue weighted by Crippen LogP contribution is 2.29. The summed E-state index contributed by atoms with van der Waals surface area (Å²) in [6.45, 7) is 4.10. The molecule has 1 heterocycles.